The van der Waals surface area contributed by atoms with E-state index in [1.807, 2.05) is 27.7 Å². The van der Waals surface area contributed by atoms with Crippen LogP contribution in [0.2, 0.25) is 0 Å². The highest BCUT2D eigenvalue weighted by atomic mass is 32.2. The molecule has 120 valence electrons. The molecule has 1 heterocycles. The lowest BCUT2D eigenvalue weighted by Crippen LogP contribution is -2.42. The average molecular weight is 316 g/mol. The van der Waals surface area contributed by atoms with Crippen molar-refractivity contribution in [3.8, 4) is 0 Å². The van der Waals surface area contributed by atoms with Gasteiger partial charge >= 0.3 is 5.97 Å². The lowest BCUT2D eigenvalue weighted by Gasteiger charge is -2.34. The maximum Gasteiger partial charge on any atom is 0.352 e. The molecule has 0 aromatic carbocycles. The van der Waals surface area contributed by atoms with Crippen LogP contribution < -0.4 is 0 Å². The minimum absolute atomic E-state index is 0.0142. The summed E-state index contributed by atoms with van der Waals surface area (Å²) in [6, 6.07) is 0.994. The van der Waals surface area contributed by atoms with Gasteiger partial charge in [-0.3, -0.25) is 0 Å². The number of hydrogen-bond acceptors (Lipinski definition) is 3. The number of rotatable bonds is 5. The molecule has 0 aliphatic heterocycles. The van der Waals surface area contributed by atoms with Gasteiger partial charge in [-0.2, -0.15) is 4.31 Å². The Labute approximate surface area is 126 Å². The molecule has 0 aliphatic carbocycles. The van der Waals surface area contributed by atoms with Gasteiger partial charge in [-0.25, -0.2) is 13.2 Å². The molecule has 1 atom stereocenters. The Morgan fingerprint density at radius 2 is 1.95 bits per heavy atom. The fourth-order valence-electron chi connectivity index (χ4n) is 1.99. The van der Waals surface area contributed by atoms with Crippen LogP contribution in [-0.2, 0) is 16.6 Å². The van der Waals surface area contributed by atoms with Crippen molar-refractivity contribution >= 4 is 16.0 Å². The molecule has 1 rings (SSSR count). The van der Waals surface area contributed by atoms with Gasteiger partial charge in [0.05, 0.1) is 0 Å². The number of sulfonamides is 1. The van der Waals surface area contributed by atoms with Crippen molar-refractivity contribution in [2.75, 3.05) is 7.05 Å². The summed E-state index contributed by atoms with van der Waals surface area (Å²) in [5.74, 6) is -1.13. The number of aryl methyl sites for hydroxylation is 1. The van der Waals surface area contributed by atoms with E-state index in [0.717, 1.165) is 0 Å². The molecular formula is C14H24N2O4S. The Hall–Kier alpha value is -1.34. The van der Waals surface area contributed by atoms with Gasteiger partial charge in [0.1, 0.15) is 10.6 Å². The summed E-state index contributed by atoms with van der Waals surface area (Å²) in [4.78, 5) is 11.2. The van der Waals surface area contributed by atoms with Gasteiger partial charge in [0.15, 0.2) is 0 Å². The Bertz CT molecular complexity index is 626. The van der Waals surface area contributed by atoms with E-state index in [9.17, 15) is 13.2 Å². The van der Waals surface area contributed by atoms with Crippen molar-refractivity contribution in [1.82, 2.24) is 8.87 Å². The van der Waals surface area contributed by atoms with E-state index in [0.29, 0.717) is 6.54 Å². The van der Waals surface area contributed by atoms with Crippen LogP contribution in [0.5, 0.6) is 0 Å². The average Bonchev–Trinajstić information content (AvgIpc) is 2.80. The molecule has 0 aliphatic rings. The van der Waals surface area contributed by atoms with Crippen molar-refractivity contribution in [2.45, 2.75) is 52.1 Å². The highest BCUT2D eigenvalue weighted by molar-refractivity contribution is 7.89. The highest BCUT2D eigenvalue weighted by Crippen LogP contribution is 2.28. The number of nitrogens with zero attached hydrogens (tertiary/aromatic N) is 2. The maximum atomic E-state index is 12.6. The zero-order chi connectivity index (χ0) is 16.6. The molecule has 6 nitrogen and oxygen atoms in total. The van der Waals surface area contributed by atoms with E-state index in [1.54, 1.807) is 6.92 Å². The molecule has 0 bridgehead atoms. The van der Waals surface area contributed by atoms with Crippen LogP contribution >= 0.6 is 0 Å². The zero-order valence-electron chi connectivity index (χ0n) is 13.4. The summed E-state index contributed by atoms with van der Waals surface area (Å²) < 4.78 is 28.0. The van der Waals surface area contributed by atoms with Crippen LogP contribution in [0.1, 0.15) is 45.1 Å². The first-order chi connectivity index (χ1) is 9.42. The molecule has 1 N–H and O–H groups in total. The Morgan fingerprint density at radius 1 is 1.43 bits per heavy atom. The first-order valence-electron chi connectivity index (χ1n) is 6.84. The first kappa shape index (κ1) is 17.7. The number of hydrogen-bond donors (Lipinski definition) is 1. The predicted molar refractivity (Wildman–Crippen MR) is 80.9 cm³/mol. The van der Waals surface area contributed by atoms with Crippen molar-refractivity contribution in [3.05, 3.63) is 18.0 Å². The Kier molecular flexibility index (Phi) is 4.90. The second-order valence-electron chi connectivity index (χ2n) is 6.22. The van der Waals surface area contributed by atoms with Gasteiger partial charge in [-0.15, -0.1) is 0 Å². The largest absolute Gasteiger partial charge is 0.477 e. The van der Waals surface area contributed by atoms with Crippen LogP contribution in [0.25, 0.3) is 0 Å². The molecule has 21 heavy (non-hydrogen) atoms. The quantitative estimate of drug-likeness (QED) is 0.903. The van der Waals surface area contributed by atoms with E-state index < -0.39 is 16.0 Å². The van der Waals surface area contributed by atoms with Gasteiger partial charge in [0, 0.05) is 25.8 Å². The third kappa shape index (κ3) is 3.47. The summed E-state index contributed by atoms with van der Waals surface area (Å²) in [5, 5.41) is 9.12. The van der Waals surface area contributed by atoms with Crippen LogP contribution in [0.15, 0.2) is 17.2 Å². The summed E-state index contributed by atoms with van der Waals surface area (Å²) in [7, 11) is -2.19. The van der Waals surface area contributed by atoms with Gasteiger partial charge < -0.3 is 9.67 Å². The highest BCUT2D eigenvalue weighted by Gasteiger charge is 2.33. The smallest absolute Gasteiger partial charge is 0.352 e. The second-order valence-corrected chi connectivity index (χ2v) is 8.21. The van der Waals surface area contributed by atoms with Gasteiger partial charge in [0.25, 0.3) is 0 Å². The minimum atomic E-state index is -3.72. The third-order valence-electron chi connectivity index (χ3n) is 3.91. The summed E-state index contributed by atoms with van der Waals surface area (Å²) >= 11 is 0. The molecule has 1 unspecified atom stereocenters. The van der Waals surface area contributed by atoms with Crippen LogP contribution in [0.3, 0.4) is 0 Å². The summed E-state index contributed by atoms with van der Waals surface area (Å²) in [5.41, 5.74) is -0.238. The SMILES string of the molecule is CCn1cc(S(=O)(=O)N(C)C(C)C(C)(C)C)cc1C(=O)O. The van der Waals surface area contributed by atoms with Gasteiger partial charge in [-0.05, 0) is 25.3 Å². The molecule has 7 heteroatoms. The zero-order valence-corrected chi connectivity index (χ0v) is 14.2. The minimum Gasteiger partial charge on any atom is -0.477 e. The third-order valence-corrected chi connectivity index (χ3v) is 5.80. The van der Waals surface area contributed by atoms with E-state index in [1.165, 1.54) is 28.2 Å². The molecule has 0 radical (unpaired) electrons. The lowest BCUT2D eigenvalue weighted by atomic mass is 9.88. The Balaban J connectivity index is 3.29. The van der Waals surface area contributed by atoms with Crippen molar-refractivity contribution in [1.29, 1.82) is 0 Å². The topological polar surface area (TPSA) is 79.6 Å². The molecular weight excluding hydrogens is 292 g/mol. The fraction of sp³-hybridized carbons (Fsp3) is 0.643. The van der Waals surface area contributed by atoms with E-state index >= 15 is 0 Å². The first-order valence-corrected chi connectivity index (χ1v) is 8.28. The van der Waals surface area contributed by atoms with Gasteiger partial charge in [-0.1, -0.05) is 20.8 Å². The van der Waals surface area contributed by atoms with Gasteiger partial charge in [0.2, 0.25) is 10.0 Å². The maximum absolute atomic E-state index is 12.6. The van der Waals surface area contributed by atoms with Crippen molar-refractivity contribution < 1.29 is 18.3 Å². The molecule has 0 spiro atoms. The van der Waals surface area contributed by atoms with E-state index in [-0.39, 0.29) is 22.0 Å². The monoisotopic (exact) mass is 316 g/mol. The lowest BCUT2D eigenvalue weighted by molar-refractivity contribution is 0.0685. The number of carbonyl (C=O) groups is 1. The van der Waals surface area contributed by atoms with Crippen molar-refractivity contribution in [3.63, 3.8) is 0 Å². The standard InChI is InChI=1S/C14H24N2O4S/c1-7-16-9-11(8-12(16)13(17)18)21(19,20)15(6)10(2)14(3,4)5/h8-10H,7H2,1-6H3,(H,17,18). The van der Waals surface area contributed by atoms with Crippen LogP contribution in [0.4, 0.5) is 0 Å². The van der Waals surface area contributed by atoms with Crippen molar-refractivity contribution in [2.24, 2.45) is 5.41 Å². The van der Waals surface area contributed by atoms with Crippen LogP contribution in [0, 0.1) is 5.41 Å². The van der Waals surface area contributed by atoms with Crippen LogP contribution in [-0.4, -0.2) is 41.5 Å². The number of aromatic nitrogens is 1. The Morgan fingerprint density at radius 3 is 2.29 bits per heavy atom. The molecule has 0 fully saturated rings. The molecule has 0 amide bonds. The summed E-state index contributed by atoms with van der Waals surface area (Å²) in [6.45, 7) is 9.89. The second kappa shape index (κ2) is 5.81. The number of aromatic carboxylic acids is 1. The molecule has 0 saturated carbocycles. The van der Waals surface area contributed by atoms with E-state index in [4.69, 9.17) is 5.11 Å². The fourth-order valence-corrected chi connectivity index (χ4v) is 3.57. The molecule has 0 saturated heterocycles. The predicted octanol–water partition coefficient (Wildman–Crippen LogP) is 2.26. The molecule has 1 aromatic heterocycles. The number of carboxylic acids is 1. The van der Waals surface area contributed by atoms with E-state index in [2.05, 4.69) is 0 Å². The normalized spacial score (nSPS) is 14.4. The number of carboxylic acid groups (broad SMARTS) is 1. The summed E-state index contributed by atoms with van der Waals surface area (Å²) in [6.07, 6.45) is 1.38. The molecule has 1 aromatic rings.